The number of rotatable bonds is 6. The van der Waals surface area contributed by atoms with Crippen LogP contribution in [0.25, 0.3) is 0 Å². The number of nitrogens with two attached hydrogens (primary N) is 1. The van der Waals surface area contributed by atoms with E-state index < -0.39 is 0 Å². The maximum absolute atomic E-state index is 5.87. The number of halogens is 1. The minimum atomic E-state index is 0. The first kappa shape index (κ1) is 19.0. The second-order valence-corrected chi connectivity index (χ2v) is 5.53. The van der Waals surface area contributed by atoms with Gasteiger partial charge < -0.3 is 15.8 Å². The van der Waals surface area contributed by atoms with Crippen LogP contribution in [-0.2, 0) is 4.74 Å². The van der Waals surface area contributed by atoms with Crippen LogP contribution < -0.4 is 11.1 Å². The van der Waals surface area contributed by atoms with E-state index in [-0.39, 0.29) is 24.0 Å². The van der Waals surface area contributed by atoms with Gasteiger partial charge in [-0.25, -0.2) is 0 Å². The van der Waals surface area contributed by atoms with E-state index in [0.29, 0.717) is 18.0 Å². The van der Waals surface area contributed by atoms with Crippen molar-refractivity contribution in [2.45, 2.75) is 58.5 Å². The second kappa shape index (κ2) is 11.8. The highest BCUT2D eigenvalue weighted by Crippen LogP contribution is 2.19. The number of hydrogen-bond donors (Lipinski definition) is 2. The first-order chi connectivity index (χ1) is 8.68. The average Bonchev–Trinajstić information content (AvgIpc) is 2.60. The Kier molecular flexibility index (Phi) is 11.7. The summed E-state index contributed by atoms with van der Waals surface area (Å²) < 4.78 is 5.87. The minimum absolute atomic E-state index is 0. The van der Waals surface area contributed by atoms with Crippen molar-refractivity contribution in [2.75, 3.05) is 19.7 Å². The molecule has 0 saturated heterocycles. The van der Waals surface area contributed by atoms with Gasteiger partial charge in [0.25, 0.3) is 0 Å². The van der Waals surface area contributed by atoms with Crippen LogP contribution in [0.15, 0.2) is 4.99 Å². The Balaban J connectivity index is 0.00000324. The molecule has 1 fully saturated rings. The van der Waals surface area contributed by atoms with Crippen LogP contribution in [0, 0.1) is 5.92 Å². The number of aliphatic imine (C=N–C) groups is 1. The predicted octanol–water partition coefficient (Wildman–Crippen LogP) is 2.90. The Hall–Kier alpha value is -0.0400. The van der Waals surface area contributed by atoms with E-state index in [2.05, 4.69) is 24.2 Å². The Morgan fingerprint density at radius 1 is 1.26 bits per heavy atom. The maximum Gasteiger partial charge on any atom is 0.188 e. The van der Waals surface area contributed by atoms with Gasteiger partial charge in [0.15, 0.2) is 5.96 Å². The van der Waals surface area contributed by atoms with Crippen molar-refractivity contribution < 1.29 is 4.74 Å². The summed E-state index contributed by atoms with van der Waals surface area (Å²) in [5.74, 6) is 1.08. The van der Waals surface area contributed by atoms with Crippen LogP contribution in [0.5, 0.6) is 0 Å². The van der Waals surface area contributed by atoms with Crippen LogP contribution in [0.2, 0.25) is 0 Å². The summed E-state index contributed by atoms with van der Waals surface area (Å²) in [7, 11) is 0. The molecule has 19 heavy (non-hydrogen) atoms. The molecule has 0 aromatic rings. The fourth-order valence-electron chi connectivity index (χ4n) is 2.15. The molecular weight excluding hydrogens is 353 g/mol. The monoisotopic (exact) mass is 383 g/mol. The zero-order valence-electron chi connectivity index (χ0n) is 12.4. The average molecular weight is 383 g/mol. The van der Waals surface area contributed by atoms with E-state index in [9.17, 15) is 0 Å². The molecule has 0 amide bonds. The van der Waals surface area contributed by atoms with Crippen molar-refractivity contribution in [3.63, 3.8) is 0 Å². The van der Waals surface area contributed by atoms with Gasteiger partial charge in [-0.2, -0.15) is 0 Å². The smallest absolute Gasteiger partial charge is 0.188 e. The number of ether oxygens (including phenoxy) is 1. The van der Waals surface area contributed by atoms with Crippen molar-refractivity contribution >= 4 is 29.9 Å². The molecule has 5 heteroatoms. The molecule has 0 heterocycles. The molecule has 1 aliphatic rings. The Labute approximate surface area is 135 Å². The molecule has 0 bridgehead atoms. The van der Waals surface area contributed by atoms with Gasteiger partial charge in [-0.05, 0) is 18.8 Å². The quantitative estimate of drug-likeness (QED) is 0.244. The first-order valence-electron chi connectivity index (χ1n) is 7.34. The van der Waals surface area contributed by atoms with Crippen molar-refractivity contribution in [3.8, 4) is 0 Å². The van der Waals surface area contributed by atoms with E-state index in [1.807, 2.05) is 0 Å². The number of nitrogens with zero attached hydrogens (tertiary/aromatic N) is 1. The summed E-state index contributed by atoms with van der Waals surface area (Å²) in [4.78, 5) is 4.25. The fourth-order valence-corrected chi connectivity index (χ4v) is 2.15. The molecule has 114 valence electrons. The summed E-state index contributed by atoms with van der Waals surface area (Å²) in [5.41, 5.74) is 5.75. The van der Waals surface area contributed by atoms with Crippen LogP contribution in [0.3, 0.4) is 0 Å². The molecular formula is C14H30IN3O. The third kappa shape index (κ3) is 10.4. The van der Waals surface area contributed by atoms with Crippen molar-refractivity contribution in [1.82, 2.24) is 5.32 Å². The maximum atomic E-state index is 5.87. The Bertz CT molecular complexity index is 239. The summed E-state index contributed by atoms with van der Waals surface area (Å²) in [5, 5.41) is 3.10. The lowest BCUT2D eigenvalue weighted by Crippen LogP contribution is -2.35. The van der Waals surface area contributed by atoms with Gasteiger partial charge in [-0.15, -0.1) is 24.0 Å². The molecule has 0 unspecified atom stereocenters. The minimum Gasteiger partial charge on any atom is -0.376 e. The van der Waals surface area contributed by atoms with Crippen molar-refractivity contribution in [2.24, 2.45) is 16.6 Å². The molecule has 1 rings (SSSR count). The van der Waals surface area contributed by atoms with Crippen LogP contribution in [0.4, 0.5) is 0 Å². The Morgan fingerprint density at radius 2 is 1.89 bits per heavy atom. The molecule has 0 spiro atoms. The normalized spacial score (nSPS) is 17.9. The van der Waals surface area contributed by atoms with Crippen molar-refractivity contribution in [1.29, 1.82) is 0 Å². The van der Waals surface area contributed by atoms with Gasteiger partial charge in [0.05, 0.1) is 12.7 Å². The topological polar surface area (TPSA) is 59.6 Å². The molecule has 0 radical (unpaired) electrons. The van der Waals surface area contributed by atoms with Gasteiger partial charge >= 0.3 is 0 Å². The lowest BCUT2D eigenvalue weighted by Gasteiger charge is -2.15. The van der Waals surface area contributed by atoms with Crippen molar-refractivity contribution in [3.05, 3.63) is 0 Å². The number of hydrogen-bond acceptors (Lipinski definition) is 2. The summed E-state index contributed by atoms with van der Waals surface area (Å²) in [6, 6.07) is 0. The van der Waals surface area contributed by atoms with Crippen LogP contribution in [0.1, 0.15) is 52.4 Å². The molecule has 0 aromatic carbocycles. The summed E-state index contributed by atoms with van der Waals surface area (Å²) in [6.45, 7) is 6.52. The molecule has 0 aromatic heterocycles. The highest BCUT2D eigenvalue weighted by atomic mass is 127. The van der Waals surface area contributed by atoms with Crippen LogP contribution >= 0.6 is 24.0 Å². The second-order valence-electron chi connectivity index (χ2n) is 5.53. The molecule has 4 nitrogen and oxygen atoms in total. The standard InChI is InChI=1S/C14H29N3O.HI/c1-12(2)11-17-14(15)16-9-10-18-13-7-5-3-4-6-8-13;/h12-13H,3-11H2,1-2H3,(H3,15,16,17);1H. The number of nitrogens with one attached hydrogen (secondary N) is 1. The first-order valence-corrected chi connectivity index (χ1v) is 7.34. The van der Waals surface area contributed by atoms with Gasteiger partial charge in [-0.3, -0.25) is 4.99 Å². The van der Waals surface area contributed by atoms with Gasteiger partial charge in [0, 0.05) is 13.1 Å². The van der Waals surface area contributed by atoms with E-state index in [0.717, 1.165) is 19.7 Å². The van der Waals surface area contributed by atoms with Gasteiger partial charge in [-0.1, -0.05) is 39.5 Å². The third-order valence-corrected chi connectivity index (χ3v) is 3.19. The Morgan fingerprint density at radius 3 is 2.47 bits per heavy atom. The predicted molar refractivity (Wildman–Crippen MR) is 92.2 cm³/mol. The SMILES string of the molecule is CC(C)CN=C(N)NCCOC1CCCCCC1.I. The van der Waals surface area contributed by atoms with E-state index in [1.165, 1.54) is 38.5 Å². The molecule has 0 atom stereocenters. The summed E-state index contributed by atoms with van der Waals surface area (Å²) in [6.07, 6.45) is 8.27. The molecule has 1 saturated carbocycles. The molecule has 0 aliphatic heterocycles. The molecule has 1 aliphatic carbocycles. The summed E-state index contributed by atoms with van der Waals surface area (Å²) >= 11 is 0. The highest BCUT2D eigenvalue weighted by molar-refractivity contribution is 14.0. The largest absolute Gasteiger partial charge is 0.376 e. The van der Waals surface area contributed by atoms with Crippen LogP contribution in [-0.4, -0.2) is 31.8 Å². The van der Waals surface area contributed by atoms with E-state index in [1.54, 1.807) is 0 Å². The van der Waals surface area contributed by atoms with Gasteiger partial charge in [0.1, 0.15) is 0 Å². The fraction of sp³-hybridized carbons (Fsp3) is 0.929. The highest BCUT2D eigenvalue weighted by Gasteiger charge is 2.11. The lowest BCUT2D eigenvalue weighted by atomic mass is 10.1. The van der Waals surface area contributed by atoms with Gasteiger partial charge in [0.2, 0.25) is 0 Å². The molecule has 3 N–H and O–H groups in total. The zero-order valence-corrected chi connectivity index (χ0v) is 14.7. The van der Waals surface area contributed by atoms with E-state index >= 15 is 0 Å². The van der Waals surface area contributed by atoms with E-state index in [4.69, 9.17) is 10.5 Å². The third-order valence-electron chi connectivity index (χ3n) is 3.19. The lowest BCUT2D eigenvalue weighted by molar-refractivity contribution is 0.0468. The zero-order chi connectivity index (χ0) is 13.2. The number of guanidine groups is 1.